The molecule has 7 heteroatoms. The van der Waals surface area contributed by atoms with Crippen LogP contribution in [0.15, 0.2) is 48.5 Å². The Morgan fingerprint density at radius 2 is 1.97 bits per heavy atom. The van der Waals surface area contributed by atoms with Crippen molar-refractivity contribution in [2.24, 2.45) is 11.8 Å². The number of carbonyl (C=O) groups excluding carboxylic acids is 1. The summed E-state index contributed by atoms with van der Waals surface area (Å²) in [7, 11) is 3.62. The minimum atomic E-state index is -1.14. The SMILES string of the molecule is CNC[C@H](CC(C)C)NC(=O)N1CCC[C@@H]([C@@](O)(CCCCOC)c2ccccc2Oc2cccc(C)c2)C1. The number of nitrogens with one attached hydrogen (secondary N) is 2. The van der Waals surface area contributed by atoms with Gasteiger partial charge in [-0.1, -0.05) is 44.2 Å². The zero-order chi connectivity index (χ0) is 28.3. The summed E-state index contributed by atoms with van der Waals surface area (Å²) in [5, 5.41) is 19.0. The van der Waals surface area contributed by atoms with Crippen LogP contribution in [0.1, 0.15) is 63.5 Å². The number of hydrogen-bond donors (Lipinski definition) is 3. The zero-order valence-corrected chi connectivity index (χ0v) is 24.5. The number of likely N-dealkylation sites (N-methyl/N-ethyl adjacent to an activating group) is 1. The van der Waals surface area contributed by atoms with E-state index in [1.165, 1.54) is 0 Å². The number of aryl methyl sites for hydroxylation is 1. The standard InChI is InChI=1S/C32H49N3O4/c1-24(2)20-27(22-33-4)34-31(36)35-18-11-13-26(23-35)32(37,17-8-9-19-38-5)29-15-6-7-16-30(29)39-28-14-10-12-25(3)21-28/h6-7,10,12,14-16,21,24,26-27,33,37H,8-9,11,13,17-20,22-23H2,1-5H3,(H,34,36)/t26-,27+,32+/m1/s1. The first-order valence-corrected chi connectivity index (χ1v) is 14.5. The number of unbranched alkanes of at least 4 members (excludes halogenated alkanes) is 1. The van der Waals surface area contributed by atoms with Crippen molar-refractivity contribution in [3.8, 4) is 11.5 Å². The molecule has 3 atom stereocenters. The quantitative estimate of drug-likeness (QED) is 0.263. The minimum Gasteiger partial charge on any atom is -0.457 e. The number of rotatable bonds is 14. The summed E-state index contributed by atoms with van der Waals surface area (Å²) in [6.45, 7) is 8.96. The fraction of sp³-hybridized carbons (Fsp3) is 0.594. The number of urea groups is 1. The smallest absolute Gasteiger partial charge is 0.317 e. The first-order valence-electron chi connectivity index (χ1n) is 14.5. The molecule has 0 bridgehead atoms. The van der Waals surface area contributed by atoms with Gasteiger partial charge < -0.3 is 30.1 Å². The van der Waals surface area contributed by atoms with Gasteiger partial charge in [-0.05, 0) is 82.2 Å². The van der Waals surface area contributed by atoms with Crippen molar-refractivity contribution in [2.45, 2.75) is 70.9 Å². The van der Waals surface area contributed by atoms with Crippen molar-refractivity contribution in [1.29, 1.82) is 0 Å². The number of aliphatic hydroxyl groups is 1. The van der Waals surface area contributed by atoms with Crippen LogP contribution in [0, 0.1) is 18.8 Å². The lowest BCUT2D eigenvalue weighted by Gasteiger charge is -2.43. The van der Waals surface area contributed by atoms with Gasteiger partial charge in [0.15, 0.2) is 0 Å². The van der Waals surface area contributed by atoms with E-state index in [2.05, 4.69) is 24.5 Å². The van der Waals surface area contributed by atoms with E-state index in [4.69, 9.17) is 9.47 Å². The summed E-state index contributed by atoms with van der Waals surface area (Å²) in [5.41, 5.74) is 0.752. The Kier molecular flexibility index (Phi) is 12.1. The van der Waals surface area contributed by atoms with Crippen molar-refractivity contribution < 1.29 is 19.4 Å². The van der Waals surface area contributed by atoms with Crippen LogP contribution in [0.4, 0.5) is 4.79 Å². The molecular formula is C32H49N3O4. The first-order chi connectivity index (χ1) is 18.8. The second kappa shape index (κ2) is 15.2. The molecule has 3 N–H and O–H groups in total. The van der Waals surface area contributed by atoms with E-state index in [1.807, 2.05) is 67.4 Å². The fourth-order valence-electron chi connectivity index (χ4n) is 5.74. The number of amides is 2. The van der Waals surface area contributed by atoms with Crippen LogP contribution in [-0.4, -0.2) is 62.5 Å². The van der Waals surface area contributed by atoms with Gasteiger partial charge in [-0.25, -0.2) is 4.79 Å². The van der Waals surface area contributed by atoms with Crippen molar-refractivity contribution >= 4 is 6.03 Å². The van der Waals surface area contributed by atoms with E-state index in [0.717, 1.165) is 55.5 Å². The zero-order valence-electron chi connectivity index (χ0n) is 24.5. The Morgan fingerprint density at radius 3 is 2.69 bits per heavy atom. The molecule has 2 aromatic carbocycles. The van der Waals surface area contributed by atoms with Gasteiger partial charge in [0.1, 0.15) is 11.5 Å². The van der Waals surface area contributed by atoms with E-state index in [0.29, 0.717) is 37.8 Å². The predicted molar refractivity (Wildman–Crippen MR) is 157 cm³/mol. The van der Waals surface area contributed by atoms with Crippen molar-refractivity contribution in [2.75, 3.05) is 40.4 Å². The molecule has 1 aliphatic heterocycles. The third kappa shape index (κ3) is 8.95. The van der Waals surface area contributed by atoms with Crippen molar-refractivity contribution in [3.05, 3.63) is 59.7 Å². The van der Waals surface area contributed by atoms with Gasteiger partial charge in [0.25, 0.3) is 0 Å². The molecule has 0 spiro atoms. The number of carbonyl (C=O) groups is 1. The molecule has 0 saturated carbocycles. The van der Waals surface area contributed by atoms with Gasteiger partial charge in [0, 0.05) is 50.9 Å². The fourth-order valence-corrected chi connectivity index (χ4v) is 5.74. The number of likely N-dealkylation sites (tertiary alicyclic amines) is 1. The van der Waals surface area contributed by atoms with Gasteiger partial charge in [-0.15, -0.1) is 0 Å². The summed E-state index contributed by atoms with van der Waals surface area (Å²) < 4.78 is 11.6. The van der Waals surface area contributed by atoms with E-state index < -0.39 is 5.60 Å². The van der Waals surface area contributed by atoms with Crippen molar-refractivity contribution in [1.82, 2.24) is 15.5 Å². The molecule has 39 heavy (non-hydrogen) atoms. The normalized spacial score (nSPS) is 18.0. The lowest BCUT2D eigenvalue weighted by Crippen LogP contribution is -2.54. The molecule has 7 nitrogen and oxygen atoms in total. The molecule has 1 aliphatic rings. The average molecular weight is 540 g/mol. The molecule has 2 amide bonds. The summed E-state index contributed by atoms with van der Waals surface area (Å²) >= 11 is 0. The summed E-state index contributed by atoms with van der Waals surface area (Å²) in [5.74, 6) is 1.77. The maximum absolute atomic E-state index is 13.4. The number of benzene rings is 2. The Balaban J connectivity index is 1.86. The van der Waals surface area contributed by atoms with E-state index in [9.17, 15) is 9.90 Å². The molecule has 1 fully saturated rings. The van der Waals surface area contributed by atoms with Gasteiger partial charge >= 0.3 is 6.03 Å². The van der Waals surface area contributed by atoms with Crippen LogP contribution in [0.3, 0.4) is 0 Å². The molecule has 0 radical (unpaired) electrons. The van der Waals surface area contributed by atoms with Gasteiger partial charge in [0.05, 0.1) is 5.60 Å². The van der Waals surface area contributed by atoms with E-state index >= 15 is 0 Å². The van der Waals surface area contributed by atoms with E-state index in [-0.39, 0.29) is 18.0 Å². The van der Waals surface area contributed by atoms with Gasteiger partial charge in [-0.3, -0.25) is 0 Å². The van der Waals surface area contributed by atoms with Crippen LogP contribution >= 0.6 is 0 Å². The molecule has 3 rings (SSSR count). The lowest BCUT2D eigenvalue weighted by molar-refractivity contribution is -0.0575. The lowest BCUT2D eigenvalue weighted by atomic mass is 9.73. The van der Waals surface area contributed by atoms with Crippen LogP contribution in [-0.2, 0) is 10.3 Å². The first kappa shape index (κ1) is 30.9. The Labute approximate surface area is 235 Å². The molecule has 0 aromatic heterocycles. The third-order valence-electron chi connectivity index (χ3n) is 7.65. The van der Waals surface area contributed by atoms with E-state index in [1.54, 1.807) is 7.11 Å². The number of hydrogen-bond acceptors (Lipinski definition) is 5. The Morgan fingerprint density at radius 1 is 1.18 bits per heavy atom. The average Bonchev–Trinajstić information content (AvgIpc) is 2.91. The second-order valence-electron chi connectivity index (χ2n) is 11.4. The molecule has 216 valence electrons. The number of nitrogens with zero attached hydrogens (tertiary/aromatic N) is 1. The highest BCUT2D eigenvalue weighted by Gasteiger charge is 2.43. The molecule has 0 unspecified atom stereocenters. The second-order valence-corrected chi connectivity index (χ2v) is 11.4. The molecule has 1 heterocycles. The maximum atomic E-state index is 13.4. The molecule has 1 saturated heterocycles. The number of ether oxygens (including phenoxy) is 2. The highest BCUT2D eigenvalue weighted by molar-refractivity contribution is 5.74. The highest BCUT2D eigenvalue weighted by Crippen LogP contribution is 2.44. The summed E-state index contributed by atoms with van der Waals surface area (Å²) in [6.07, 6.45) is 4.84. The topological polar surface area (TPSA) is 83.1 Å². The van der Waals surface area contributed by atoms with Gasteiger partial charge in [0.2, 0.25) is 0 Å². The minimum absolute atomic E-state index is 0.0494. The largest absolute Gasteiger partial charge is 0.457 e. The Hall–Kier alpha value is -2.61. The maximum Gasteiger partial charge on any atom is 0.317 e. The molecule has 0 aliphatic carbocycles. The van der Waals surface area contributed by atoms with Crippen LogP contribution in [0.5, 0.6) is 11.5 Å². The number of methoxy groups -OCH3 is 1. The van der Waals surface area contributed by atoms with Crippen LogP contribution in [0.25, 0.3) is 0 Å². The highest BCUT2D eigenvalue weighted by atomic mass is 16.5. The van der Waals surface area contributed by atoms with Gasteiger partial charge in [-0.2, -0.15) is 0 Å². The number of piperidine rings is 1. The summed E-state index contributed by atoms with van der Waals surface area (Å²) in [6, 6.07) is 15.8. The molecule has 2 aromatic rings. The third-order valence-corrected chi connectivity index (χ3v) is 7.65. The van der Waals surface area contributed by atoms with Crippen molar-refractivity contribution in [3.63, 3.8) is 0 Å². The number of para-hydroxylation sites is 1. The predicted octanol–water partition coefficient (Wildman–Crippen LogP) is 5.85. The summed E-state index contributed by atoms with van der Waals surface area (Å²) in [4.78, 5) is 15.3. The molecular weight excluding hydrogens is 490 g/mol. The monoisotopic (exact) mass is 539 g/mol. The van der Waals surface area contributed by atoms with Crippen LogP contribution in [0.2, 0.25) is 0 Å². The van der Waals surface area contributed by atoms with Crippen LogP contribution < -0.4 is 15.4 Å². The Bertz CT molecular complexity index is 1030.